The summed E-state index contributed by atoms with van der Waals surface area (Å²) in [5, 5.41) is 2.74. The maximum Gasteiger partial charge on any atom is 0.257 e. The molecule has 2 aromatic rings. The minimum Gasteiger partial charge on any atom is -0.398 e. The molecule has 2 rings (SSSR count). The zero-order chi connectivity index (χ0) is 15.6. The lowest BCUT2D eigenvalue weighted by molar-refractivity contribution is 0.102. The Labute approximate surface area is 123 Å². The van der Waals surface area contributed by atoms with Crippen LogP contribution in [-0.4, -0.2) is 20.0 Å². The summed E-state index contributed by atoms with van der Waals surface area (Å²) in [6.07, 6.45) is 0. The van der Waals surface area contributed by atoms with Crippen LogP contribution >= 0.6 is 0 Å². The smallest absolute Gasteiger partial charge is 0.257 e. The minimum atomic E-state index is -0.493. The maximum absolute atomic E-state index is 13.2. The van der Waals surface area contributed by atoms with Gasteiger partial charge in [0.2, 0.25) is 0 Å². The van der Waals surface area contributed by atoms with Crippen LogP contribution in [0.2, 0.25) is 0 Å². The second-order valence-electron chi connectivity index (χ2n) is 5.08. The van der Waals surface area contributed by atoms with Crippen molar-refractivity contribution in [2.45, 2.75) is 6.92 Å². The lowest BCUT2D eigenvalue weighted by Gasteiger charge is -2.17. The molecule has 0 atom stereocenters. The standard InChI is InChI=1S/C16H18FN3O/c1-10-4-6-12(9-15(10)20(2)3)19-16(21)13-8-11(17)5-7-14(13)18/h4-9H,18H2,1-3H3,(H,19,21). The number of amides is 1. The van der Waals surface area contributed by atoms with Gasteiger partial charge in [-0.05, 0) is 42.8 Å². The monoisotopic (exact) mass is 287 g/mol. The van der Waals surface area contributed by atoms with Crippen molar-refractivity contribution >= 4 is 23.0 Å². The normalized spacial score (nSPS) is 10.3. The van der Waals surface area contributed by atoms with Gasteiger partial charge >= 0.3 is 0 Å². The van der Waals surface area contributed by atoms with E-state index in [-0.39, 0.29) is 11.3 Å². The molecule has 0 spiro atoms. The first kappa shape index (κ1) is 14.8. The molecule has 3 N–H and O–H groups in total. The largest absolute Gasteiger partial charge is 0.398 e. The molecule has 0 heterocycles. The number of aryl methyl sites for hydroxylation is 1. The van der Waals surface area contributed by atoms with Crippen LogP contribution in [0.1, 0.15) is 15.9 Å². The molecule has 0 aromatic heterocycles. The predicted octanol–water partition coefficient (Wildman–Crippen LogP) is 3.03. The topological polar surface area (TPSA) is 58.4 Å². The van der Waals surface area contributed by atoms with Crippen molar-refractivity contribution in [1.82, 2.24) is 0 Å². The second kappa shape index (κ2) is 5.83. The number of hydrogen-bond acceptors (Lipinski definition) is 3. The Balaban J connectivity index is 2.27. The molecule has 5 heteroatoms. The quantitative estimate of drug-likeness (QED) is 0.853. The van der Waals surface area contributed by atoms with Crippen LogP contribution in [-0.2, 0) is 0 Å². The maximum atomic E-state index is 13.2. The van der Waals surface area contributed by atoms with Gasteiger partial charge in [0.05, 0.1) is 5.56 Å². The number of anilines is 3. The highest BCUT2D eigenvalue weighted by Crippen LogP contribution is 2.23. The average Bonchev–Trinajstić information content (AvgIpc) is 2.43. The molecule has 110 valence electrons. The fraction of sp³-hybridized carbons (Fsp3) is 0.188. The van der Waals surface area contributed by atoms with Crippen molar-refractivity contribution in [2.75, 3.05) is 30.0 Å². The number of carbonyl (C=O) groups excluding carboxylic acids is 1. The number of carbonyl (C=O) groups is 1. The summed E-state index contributed by atoms with van der Waals surface area (Å²) in [4.78, 5) is 14.1. The number of nitrogens with one attached hydrogen (secondary N) is 1. The predicted molar refractivity (Wildman–Crippen MR) is 84.3 cm³/mol. The Morgan fingerprint density at radius 1 is 1.19 bits per heavy atom. The molecule has 0 radical (unpaired) electrons. The molecular formula is C16H18FN3O. The summed E-state index contributed by atoms with van der Waals surface area (Å²) in [5.74, 6) is -0.923. The van der Waals surface area contributed by atoms with Gasteiger partial charge < -0.3 is 16.0 Å². The van der Waals surface area contributed by atoms with Crippen molar-refractivity contribution in [2.24, 2.45) is 0 Å². The lowest BCUT2D eigenvalue weighted by Crippen LogP contribution is -2.15. The third-order valence-electron chi connectivity index (χ3n) is 3.21. The fourth-order valence-electron chi connectivity index (χ4n) is 2.09. The van der Waals surface area contributed by atoms with Gasteiger partial charge in [-0.3, -0.25) is 4.79 Å². The van der Waals surface area contributed by atoms with E-state index >= 15 is 0 Å². The Morgan fingerprint density at radius 2 is 1.90 bits per heavy atom. The Hall–Kier alpha value is -2.56. The summed E-state index contributed by atoms with van der Waals surface area (Å²) in [6.45, 7) is 1.99. The summed E-state index contributed by atoms with van der Waals surface area (Å²) in [6, 6.07) is 9.32. The Kier molecular flexibility index (Phi) is 4.12. The third kappa shape index (κ3) is 3.31. The number of rotatable bonds is 3. The third-order valence-corrected chi connectivity index (χ3v) is 3.21. The number of nitrogens with zero attached hydrogens (tertiary/aromatic N) is 1. The summed E-state index contributed by atoms with van der Waals surface area (Å²) < 4.78 is 13.2. The van der Waals surface area contributed by atoms with Gasteiger partial charge in [-0.2, -0.15) is 0 Å². The van der Waals surface area contributed by atoms with E-state index in [1.54, 1.807) is 6.07 Å². The second-order valence-corrected chi connectivity index (χ2v) is 5.08. The van der Waals surface area contributed by atoms with Crippen LogP contribution in [0.3, 0.4) is 0 Å². The van der Waals surface area contributed by atoms with Crippen LogP contribution in [0, 0.1) is 12.7 Å². The van der Waals surface area contributed by atoms with Crippen LogP contribution in [0.4, 0.5) is 21.5 Å². The van der Waals surface area contributed by atoms with Gasteiger partial charge in [0.1, 0.15) is 5.82 Å². The Morgan fingerprint density at radius 3 is 2.57 bits per heavy atom. The van der Waals surface area contributed by atoms with E-state index in [1.165, 1.54) is 12.1 Å². The molecule has 1 amide bonds. The highest BCUT2D eigenvalue weighted by Gasteiger charge is 2.12. The molecule has 2 aromatic carbocycles. The molecule has 0 saturated heterocycles. The van der Waals surface area contributed by atoms with E-state index in [4.69, 9.17) is 5.73 Å². The van der Waals surface area contributed by atoms with E-state index in [2.05, 4.69) is 5.32 Å². The van der Waals surface area contributed by atoms with Crippen LogP contribution < -0.4 is 16.0 Å². The van der Waals surface area contributed by atoms with Gasteiger partial charge in [0.25, 0.3) is 5.91 Å². The molecule has 0 saturated carbocycles. The first-order valence-corrected chi connectivity index (χ1v) is 6.53. The molecule has 21 heavy (non-hydrogen) atoms. The summed E-state index contributed by atoms with van der Waals surface area (Å²) in [5.41, 5.74) is 8.82. The summed E-state index contributed by atoms with van der Waals surface area (Å²) >= 11 is 0. The SMILES string of the molecule is Cc1ccc(NC(=O)c2cc(F)ccc2N)cc1N(C)C. The van der Waals surface area contributed by atoms with Crippen molar-refractivity contribution < 1.29 is 9.18 Å². The van der Waals surface area contributed by atoms with Gasteiger partial charge in [-0.25, -0.2) is 4.39 Å². The molecule has 0 fully saturated rings. The molecule has 0 aliphatic rings. The molecule has 0 bridgehead atoms. The number of halogens is 1. The highest BCUT2D eigenvalue weighted by atomic mass is 19.1. The highest BCUT2D eigenvalue weighted by molar-refractivity contribution is 6.07. The molecule has 0 unspecified atom stereocenters. The molecule has 0 aliphatic heterocycles. The van der Waals surface area contributed by atoms with Gasteiger partial charge in [0.15, 0.2) is 0 Å². The van der Waals surface area contributed by atoms with Crippen molar-refractivity contribution in [3.63, 3.8) is 0 Å². The number of nitrogens with two attached hydrogens (primary N) is 1. The van der Waals surface area contributed by atoms with Crippen LogP contribution in [0.5, 0.6) is 0 Å². The zero-order valence-corrected chi connectivity index (χ0v) is 12.3. The van der Waals surface area contributed by atoms with E-state index in [0.29, 0.717) is 5.69 Å². The summed E-state index contributed by atoms with van der Waals surface area (Å²) in [7, 11) is 3.86. The van der Waals surface area contributed by atoms with Crippen LogP contribution in [0.25, 0.3) is 0 Å². The average molecular weight is 287 g/mol. The van der Waals surface area contributed by atoms with Crippen molar-refractivity contribution in [1.29, 1.82) is 0 Å². The number of hydrogen-bond donors (Lipinski definition) is 2. The van der Waals surface area contributed by atoms with Crippen molar-refractivity contribution in [3.8, 4) is 0 Å². The molecular weight excluding hydrogens is 269 g/mol. The molecule has 0 aliphatic carbocycles. The van der Waals surface area contributed by atoms with Gasteiger partial charge in [-0.1, -0.05) is 6.07 Å². The van der Waals surface area contributed by atoms with Crippen LogP contribution in [0.15, 0.2) is 36.4 Å². The van der Waals surface area contributed by atoms with Gasteiger partial charge in [-0.15, -0.1) is 0 Å². The van der Waals surface area contributed by atoms with E-state index in [9.17, 15) is 9.18 Å². The zero-order valence-electron chi connectivity index (χ0n) is 12.3. The van der Waals surface area contributed by atoms with E-state index < -0.39 is 11.7 Å². The molecule has 4 nitrogen and oxygen atoms in total. The fourth-order valence-corrected chi connectivity index (χ4v) is 2.09. The van der Waals surface area contributed by atoms with Gasteiger partial charge in [0, 0.05) is 31.2 Å². The lowest BCUT2D eigenvalue weighted by atomic mass is 10.1. The van der Waals surface area contributed by atoms with Crippen molar-refractivity contribution in [3.05, 3.63) is 53.3 Å². The minimum absolute atomic E-state index is 0.127. The van der Waals surface area contributed by atoms with E-state index in [1.807, 2.05) is 38.1 Å². The first-order valence-electron chi connectivity index (χ1n) is 6.53. The number of nitrogen functional groups attached to an aromatic ring is 1. The first-order chi connectivity index (χ1) is 9.88. The number of benzene rings is 2. The Bertz CT molecular complexity index is 683. The van der Waals surface area contributed by atoms with E-state index in [0.717, 1.165) is 17.3 Å².